The van der Waals surface area contributed by atoms with Crippen LogP contribution in [0.2, 0.25) is 0 Å². The van der Waals surface area contributed by atoms with Gasteiger partial charge >= 0.3 is 0 Å². The molecule has 0 aromatic heterocycles. The van der Waals surface area contributed by atoms with Crippen LogP contribution in [0.3, 0.4) is 0 Å². The normalized spacial score (nSPS) is 37.8. The molecule has 1 aliphatic carbocycles. The molecule has 2 rings (SSSR count). The van der Waals surface area contributed by atoms with E-state index in [4.69, 9.17) is 5.73 Å². The monoisotopic (exact) mass is 218 g/mol. The highest BCUT2D eigenvalue weighted by molar-refractivity contribution is 7.91. The van der Waals surface area contributed by atoms with Crippen molar-refractivity contribution < 1.29 is 8.42 Å². The number of nitrogens with two attached hydrogens (primary N) is 1. The summed E-state index contributed by atoms with van der Waals surface area (Å²) < 4.78 is 22.3. The Kier molecular flexibility index (Phi) is 2.81. The van der Waals surface area contributed by atoms with Crippen molar-refractivity contribution in [2.45, 2.75) is 18.9 Å². The highest BCUT2D eigenvalue weighted by Gasteiger charge is 2.29. The van der Waals surface area contributed by atoms with Crippen LogP contribution in [0.4, 0.5) is 0 Å². The maximum absolute atomic E-state index is 11.2. The summed E-state index contributed by atoms with van der Waals surface area (Å²) in [5.41, 5.74) is 5.70. The zero-order valence-electron chi connectivity index (χ0n) is 8.35. The maximum Gasteiger partial charge on any atom is 0.152 e. The van der Waals surface area contributed by atoms with Gasteiger partial charge in [-0.15, -0.1) is 0 Å². The fourth-order valence-electron chi connectivity index (χ4n) is 2.23. The lowest BCUT2D eigenvalue weighted by atomic mass is 9.80. The third kappa shape index (κ3) is 2.46. The second-order valence-electron chi connectivity index (χ2n) is 4.55. The Hall–Kier alpha value is -0.130. The van der Waals surface area contributed by atoms with E-state index in [1.165, 1.54) is 0 Å². The first-order chi connectivity index (χ1) is 6.55. The van der Waals surface area contributed by atoms with Crippen molar-refractivity contribution in [2.75, 3.05) is 31.1 Å². The van der Waals surface area contributed by atoms with E-state index < -0.39 is 9.84 Å². The highest BCUT2D eigenvalue weighted by atomic mass is 32.2. The molecule has 0 atom stereocenters. The quantitative estimate of drug-likeness (QED) is 0.676. The molecule has 5 heteroatoms. The van der Waals surface area contributed by atoms with E-state index >= 15 is 0 Å². The molecule has 0 aromatic rings. The van der Waals surface area contributed by atoms with Gasteiger partial charge in [0.25, 0.3) is 0 Å². The van der Waals surface area contributed by atoms with Crippen molar-refractivity contribution >= 4 is 9.84 Å². The molecule has 1 aliphatic heterocycles. The van der Waals surface area contributed by atoms with Gasteiger partial charge in [0.15, 0.2) is 9.84 Å². The van der Waals surface area contributed by atoms with E-state index in [2.05, 4.69) is 4.90 Å². The molecule has 0 aromatic carbocycles. The second kappa shape index (κ2) is 3.79. The average Bonchev–Trinajstić information content (AvgIpc) is 2.06. The van der Waals surface area contributed by atoms with Crippen molar-refractivity contribution in [1.82, 2.24) is 4.90 Å². The molecule has 1 heterocycles. The Bertz CT molecular complexity index is 282. The first kappa shape index (κ1) is 10.4. The lowest BCUT2D eigenvalue weighted by Crippen LogP contribution is -2.47. The number of hydrogen-bond acceptors (Lipinski definition) is 4. The molecule has 0 bridgehead atoms. The minimum atomic E-state index is -2.72. The van der Waals surface area contributed by atoms with Crippen LogP contribution in [0, 0.1) is 5.92 Å². The highest BCUT2D eigenvalue weighted by Crippen LogP contribution is 2.26. The number of nitrogens with zero attached hydrogens (tertiary/aromatic N) is 1. The Labute approximate surface area is 85.4 Å². The topological polar surface area (TPSA) is 63.4 Å². The fraction of sp³-hybridized carbons (Fsp3) is 1.00. The smallest absolute Gasteiger partial charge is 0.152 e. The number of hydrogen-bond donors (Lipinski definition) is 1. The third-order valence-corrected chi connectivity index (χ3v) is 4.83. The van der Waals surface area contributed by atoms with Crippen LogP contribution in [-0.4, -0.2) is 50.5 Å². The van der Waals surface area contributed by atoms with Crippen LogP contribution in [0.1, 0.15) is 12.8 Å². The van der Waals surface area contributed by atoms with E-state index in [1.807, 2.05) is 0 Å². The Morgan fingerprint density at radius 2 is 1.79 bits per heavy atom. The molecule has 4 nitrogen and oxygen atoms in total. The number of rotatable bonds is 2. The van der Waals surface area contributed by atoms with Gasteiger partial charge in [-0.1, -0.05) is 0 Å². The molecule has 2 fully saturated rings. The van der Waals surface area contributed by atoms with Gasteiger partial charge < -0.3 is 10.6 Å². The predicted molar refractivity (Wildman–Crippen MR) is 55.8 cm³/mol. The summed E-state index contributed by atoms with van der Waals surface area (Å²) in [5, 5.41) is 0. The van der Waals surface area contributed by atoms with E-state index in [0.29, 0.717) is 36.6 Å². The summed E-state index contributed by atoms with van der Waals surface area (Å²) in [6.45, 7) is 2.48. The zero-order valence-corrected chi connectivity index (χ0v) is 9.17. The van der Waals surface area contributed by atoms with E-state index in [1.54, 1.807) is 0 Å². The van der Waals surface area contributed by atoms with Crippen molar-refractivity contribution in [3.8, 4) is 0 Å². The van der Waals surface area contributed by atoms with Crippen LogP contribution < -0.4 is 5.73 Å². The molecule has 1 saturated heterocycles. The summed E-state index contributed by atoms with van der Waals surface area (Å²) in [6, 6.07) is 0.397. The fourth-order valence-corrected chi connectivity index (χ4v) is 3.51. The predicted octanol–water partition coefficient (Wildman–Crippen LogP) is -0.546. The van der Waals surface area contributed by atoms with Crippen molar-refractivity contribution in [1.29, 1.82) is 0 Å². The van der Waals surface area contributed by atoms with Crippen LogP contribution >= 0.6 is 0 Å². The van der Waals surface area contributed by atoms with Crippen molar-refractivity contribution in [2.24, 2.45) is 11.7 Å². The van der Waals surface area contributed by atoms with Gasteiger partial charge in [0.05, 0.1) is 11.5 Å². The zero-order chi connectivity index (χ0) is 10.2. The summed E-state index contributed by atoms with van der Waals surface area (Å²) in [4.78, 5) is 2.26. The van der Waals surface area contributed by atoms with Gasteiger partial charge in [-0.25, -0.2) is 8.42 Å². The molecular formula is C9H18N2O2S. The molecule has 0 unspecified atom stereocenters. The van der Waals surface area contributed by atoms with Crippen LogP contribution in [0.25, 0.3) is 0 Å². The summed E-state index contributed by atoms with van der Waals surface area (Å²) in [5.74, 6) is 1.39. The van der Waals surface area contributed by atoms with Gasteiger partial charge in [-0.3, -0.25) is 0 Å². The average molecular weight is 218 g/mol. The molecule has 2 N–H and O–H groups in total. The minimum Gasteiger partial charge on any atom is -0.328 e. The summed E-state index contributed by atoms with van der Waals surface area (Å²) in [7, 11) is -2.72. The van der Waals surface area contributed by atoms with E-state index in [0.717, 1.165) is 19.4 Å². The molecular weight excluding hydrogens is 200 g/mol. The molecule has 1 saturated carbocycles. The maximum atomic E-state index is 11.2. The first-order valence-electron chi connectivity index (χ1n) is 5.23. The Balaban J connectivity index is 1.74. The molecule has 0 amide bonds. The van der Waals surface area contributed by atoms with Gasteiger partial charge in [0.2, 0.25) is 0 Å². The van der Waals surface area contributed by atoms with Crippen LogP contribution in [0.15, 0.2) is 0 Å². The summed E-state index contributed by atoms with van der Waals surface area (Å²) >= 11 is 0. The van der Waals surface area contributed by atoms with Gasteiger partial charge in [0.1, 0.15) is 0 Å². The standard InChI is InChI=1S/C9H18N2O2S/c10-9-5-8(6-9)7-11-1-3-14(12,13)4-2-11/h8-9H,1-7,10H2/t8-,9+. The van der Waals surface area contributed by atoms with Gasteiger partial charge in [-0.2, -0.15) is 0 Å². The molecule has 2 aliphatic rings. The molecule has 82 valence electrons. The summed E-state index contributed by atoms with van der Waals surface area (Å²) in [6.07, 6.45) is 2.23. The van der Waals surface area contributed by atoms with Crippen LogP contribution in [-0.2, 0) is 9.84 Å². The number of sulfone groups is 1. The van der Waals surface area contributed by atoms with Crippen molar-refractivity contribution in [3.63, 3.8) is 0 Å². The van der Waals surface area contributed by atoms with Crippen LogP contribution in [0.5, 0.6) is 0 Å². The lowest BCUT2D eigenvalue weighted by molar-refractivity contribution is 0.168. The molecule has 0 radical (unpaired) electrons. The van der Waals surface area contributed by atoms with E-state index in [-0.39, 0.29) is 0 Å². The van der Waals surface area contributed by atoms with Gasteiger partial charge in [0, 0.05) is 25.7 Å². The van der Waals surface area contributed by atoms with Crippen molar-refractivity contribution in [3.05, 3.63) is 0 Å². The lowest BCUT2D eigenvalue weighted by Gasteiger charge is -2.37. The Morgan fingerprint density at radius 3 is 2.29 bits per heavy atom. The Morgan fingerprint density at radius 1 is 1.21 bits per heavy atom. The van der Waals surface area contributed by atoms with Gasteiger partial charge in [-0.05, 0) is 18.8 Å². The van der Waals surface area contributed by atoms with E-state index in [9.17, 15) is 8.42 Å². The second-order valence-corrected chi connectivity index (χ2v) is 6.85. The third-order valence-electron chi connectivity index (χ3n) is 3.23. The molecule has 14 heavy (non-hydrogen) atoms. The SMILES string of the molecule is N[C@H]1C[C@@H](CN2CCS(=O)(=O)CC2)C1. The first-order valence-corrected chi connectivity index (χ1v) is 7.06. The molecule has 0 spiro atoms. The largest absolute Gasteiger partial charge is 0.328 e. The minimum absolute atomic E-state index is 0.339.